The summed E-state index contributed by atoms with van der Waals surface area (Å²) in [6, 6.07) is 4.06. The Morgan fingerprint density at radius 2 is 1.57 bits per heavy atom. The molecule has 0 radical (unpaired) electrons. The maximum absolute atomic E-state index is 4.41. The average molecular weight is 308 g/mol. The SMILES string of the molecule is CC.CC.CC.CC1CCN(c2ccc(C#P)cn2)CC1. The first-order valence-corrected chi connectivity index (χ1v) is 8.85. The molecule has 0 spiro atoms. The topological polar surface area (TPSA) is 16.1 Å². The van der Waals surface area contributed by atoms with Crippen molar-refractivity contribution in [2.24, 2.45) is 5.92 Å². The van der Waals surface area contributed by atoms with Crippen LogP contribution in [0.1, 0.15) is 66.9 Å². The molecule has 1 fully saturated rings. The third kappa shape index (κ3) is 8.91. The molecule has 1 saturated heterocycles. The summed E-state index contributed by atoms with van der Waals surface area (Å²) in [5.74, 6) is 1.94. The van der Waals surface area contributed by atoms with Crippen LogP contribution in [0, 0.1) is 11.5 Å². The first-order chi connectivity index (χ1) is 10.3. The Morgan fingerprint density at radius 1 is 1.05 bits per heavy atom. The van der Waals surface area contributed by atoms with E-state index in [2.05, 4.69) is 37.2 Å². The van der Waals surface area contributed by atoms with Crippen LogP contribution in [-0.2, 0) is 0 Å². The van der Waals surface area contributed by atoms with Gasteiger partial charge in [0.2, 0.25) is 0 Å². The molecule has 0 aliphatic carbocycles. The van der Waals surface area contributed by atoms with Crippen LogP contribution in [0.25, 0.3) is 0 Å². The summed E-state index contributed by atoms with van der Waals surface area (Å²) in [5, 5.41) is 0. The quantitative estimate of drug-likeness (QED) is 0.581. The summed E-state index contributed by atoms with van der Waals surface area (Å²) >= 11 is 0. The maximum atomic E-state index is 4.41. The minimum atomic E-state index is 0.861. The fourth-order valence-corrected chi connectivity index (χ4v) is 2.01. The van der Waals surface area contributed by atoms with E-state index in [9.17, 15) is 0 Å². The predicted molar refractivity (Wildman–Crippen MR) is 98.8 cm³/mol. The van der Waals surface area contributed by atoms with E-state index in [1.807, 2.05) is 53.8 Å². The molecule has 2 heterocycles. The van der Waals surface area contributed by atoms with Gasteiger partial charge in [-0.3, -0.25) is 0 Å². The molecule has 0 N–H and O–H groups in total. The number of rotatable bonds is 1. The molecule has 1 aliphatic heterocycles. The van der Waals surface area contributed by atoms with E-state index in [-0.39, 0.29) is 0 Å². The van der Waals surface area contributed by atoms with E-state index in [4.69, 9.17) is 0 Å². The molecular formula is C18H33N2P. The molecule has 21 heavy (non-hydrogen) atoms. The van der Waals surface area contributed by atoms with E-state index in [1.165, 1.54) is 12.8 Å². The normalized spacial score (nSPS) is 13.3. The number of nitrogens with zero attached hydrogens (tertiary/aromatic N) is 2. The van der Waals surface area contributed by atoms with Gasteiger partial charge in [0.05, 0.1) is 0 Å². The van der Waals surface area contributed by atoms with Crippen LogP contribution in [-0.4, -0.2) is 18.1 Å². The second-order valence-electron chi connectivity index (χ2n) is 4.19. The second-order valence-corrected chi connectivity index (χ2v) is 4.41. The Labute approximate surface area is 134 Å². The fraction of sp³-hybridized carbons (Fsp3) is 0.667. The number of pyridine rings is 1. The van der Waals surface area contributed by atoms with Crippen molar-refractivity contribution in [1.82, 2.24) is 4.98 Å². The van der Waals surface area contributed by atoms with Gasteiger partial charge >= 0.3 is 92.7 Å². The molecular weight excluding hydrogens is 275 g/mol. The van der Waals surface area contributed by atoms with Gasteiger partial charge in [0.25, 0.3) is 0 Å². The Balaban J connectivity index is 0. The van der Waals surface area contributed by atoms with E-state index in [1.54, 1.807) is 0 Å². The molecule has 0 unspecified atom stereocenters. The molecule has 1 aromatic rings. The standard InChI is InChI=1S/C12H15N2P.3C2H6/c1-10-4-6-14(7-5-10)12-3-2-11(9-15)8-13-12;3*1-2/h2-3,8,10H,4-7H2,1H3;3*1-2H3. The van der Waals surface area contributed by atoms with Crippen molar-refractivity contribution in [1.29, 1.82) is 0 Å². The summed E-state index contributed by atoms with van der Waals surface area (Å²) in [6.45, 7) is 16.6. The van der Waals surface area contributed by atoms with Gasteiger partial charge < -0.3 is 0 Å². The fourth-order valence-electron chi connectivity index (χ4n) is 1.88. The molecule has 0 atom stereocenters. The molecule has 0 amide bonds. The number of hydrogen-bond donors (Lipinski definition) is 0. The molecule has 1 aromatic heterocycles. The molecule has 2 rings (SSSR count). The Hall–Kier alpha value is -0.840. The minimum absolute atomic E-state index is 0.861. The predicted octanol–water partition coefficient (Wildman–Crippen LogP) is 6.11. The van der Waals surface area contributed by atoms with Crippen molar-refractivity contribution in [3.63, 3.8) is 0 Å². The van der Waals surface area contributed by atoms with Crippen molar-refractivity contribution in [2.75, 3.05) is 18.0 Å². The number of hydrogen-bond acceptors (Lipinski definition) is 2. The summed E-state index contributed by atoms with van der Waals surface area (Å²) in [4.78, 5) is 6.76. The van der Waals surface area contributed by atoms with Crippen molar-refractivity contribution >= 4 is 14.5 Å². The zero-order chi connectivity index (χ0) is 16.7. The van der Waals surface area contributed by atoms with Crippen LogP contribution in [0.4, 0.5) is 5.82 Å². The van der Waals surface area contributed by atoms with Crippen LogP contribution in [0.2, 0.25) is 0 Å². The van der Waals surface area contributed by atoms with Gasteiger partial charge in [-0.1, -0.05) is 41.5 Å². The first kappa shape index (κ1) is 22.4. The zero-order valence-corrected chi connectivity index (χ0v) is 15.9. The van der Waals surface area contributed by atoms with E-state index in [0.717, 1.165) is 30.4 Å². The zero-order valence-electron chi connectivity index (χ0n) is 15.0. The monoisotopic (exact) mass is 308 g/mol. The first-order valence-electron chi connectivity index (χ1n) is 8.40. The molecule has 0 saturated carbocycles. The van der Waals surface area contributed by atoms with Crippen molar-refractivity contribution in [3.05, 3.63) is 23.9 Å². The van der Waals surface area contributed by atoms with Gasteiger partial charge in [0, 0.05) is 0 Å². The molecule has 2 nitrogen and oxygen atoms in total. The molecule has 120 valence electrons. The van der Waals surface area contributed by atoms with Crippen LogP contribution >= 0.6 is 8.70 Å². The summed E-state index contributed by atoms with van der Waals surface area (Å²) in [5.41, 5.74) is 3.72. The number of aromatic nitrogens is 1. The molecule has 0 bridgehead atoms. The van der Waals surface area contributed by atoms with Gasteiger partial charge in [0.1, 0.15) is 0 Å². The van der Waals surface area contributed by atoms with Gasteiger partial charge in [-0.2, -0.15) is 0 Å². The van der Waals surface area contributed by atoms with Crippen molar-refractivity contribution in [3.8, 4) is 5.63 Å². The van der Waals surface area contributed by atoms with Gasteiger partial charge in [0.15, 0.2) is 0 Å². The van der Waals surface area contributed by atoms with Crippen LogP contribution < -0.4 is 4.90 Å². The second kappa shape index (κ2) is 15.5. The van der Waals surface area contributed by atoms with E-state index >= 15 is 0 Å². The van der Waals surface area contributed by atoms with Gasteiger partial charge in [-0.15, -0.1) is 0 Å². The molecule has 0 aromatic carbocycles. The van der Waals surface area contributed by atoms with E-state index in [0.29, 0.717) is 0 Å². The molecule has 1 aliphatic rings. The third-order valence-electron chi connectivity index (χ3n) is 2.98. The third-order valence-corrected chi connectivity index (χ3v) is 3.24. The summed E-state index contributed by atoms with van der Waals surface area (Å²) in [7, 11) is 3.98. The summed E-state index contributed by atoms with van der Waals surface area (Å²) in [6.07, 6.45) is 4.36. The van der Waals surface area contributed by atoms with Crippen LogP contribution in [0.5, 0.6) is 0 Å². The van der Waals surface area contributed by atoms with E-state index < -0.39 is 0 Å². The van der Waals surface area contributed by atoms with Gasteiger partial charge in [-0.25, -0.2) is 0 Å². The van der Waals surface area contributed by atoms with Crippen LogP contribution in [0.15, 0.2) is 18.3 Å². The van der Waals surface area contributed by atoms with Crippen molar-refractivity contribution < 1.29 is 0 Å². The number of piperidine rings is 1. The average Bonchev–Trinajstić information content (AvgIpc) is 2.61. The van der Waals surface area contributed by atoms with Gasteiger partial charge in [-0.05, 0) is 0 Å². The van der Waals surface area contributed by atoms with Crippen LogP contribution in [0.3, 0.4) is 0 Å². The molecule has 3 heteroatoms. The Bertz CT molecular complexity index is 360. The summed E-state index contributed by atoms with van der Waals surface area (Å²) < 4.78 is 0. The Kier molecular flexibility index (Phi) is 16.6. The van der Waals surface area contributed by atoms with Crippen molar-refractivity contribution in [2.45, 2.75) is 61.3 Å². The Morgan fingerprint density at radius 3 is 1.95 bits per heavy atom. The number of anilines is 1.